The van der Waals surface area contributed by atoms with Crippen molar-refractivity contribution < 1.29 is 13.9 Å². The van der Waals surface area contributed by atoms with Crippen molar-refractivity contribution in [2.75, 3.05) is 11.5 Å². The number of hydrogen-bond acceptors (Lipinski definition) is 7. The summed E-state index contributed by atoms with van der Waals surface area (Å²) in [5.41, 5.74) is 3.24. The Labute approximate surface area is 194 Å². The van der Waals surface area contributed by atoms with Crippen LogP contribution in [0.1, 0.15) is 57.7 Å². The zero-order valence-electron chi connectivity index (χ0n) is 18.8. The number of amides is 1. The predicted molar refractivity (Wildman–Crippen MR) is 128 cm³/mol. The Kier molecular flexibility index (Phi) is 5.25. The topological polar surface area (TPSA) is 85.5 Å². The van der Waals surface area contributed by atoms with Crippen LogP contribution in [0.5, 0.6) is 5.75 Å². The fourth-order valence-corrected chi connectivity index (χ4v) is 4.97. The van der Waals surface area contributed by atoms with E-state index in [0.717, 1.165) is 21.7 Å². The Morgan fingerprint density at radius 1 is 1.09 bits per heavy atom. The number of fused-ring (bicyclic) bond motifs is 2. The van der Waals surface area contributed by atoms with E-state index in [4.69, 9.17) is 9.15 Å². The average Bonchev–Trinajstić information content (AvgIpc) is 3.38. The van der Waals surface area contributed by atoms with Crippen LogP contribution in [0.15, 0.2) is 45.6 Å². The first-order valence-electron chi connectivity index (χ1n) is 10.9. The molecule has 2 aromatic carbocycles. The highest BCUT2D eigenvalue weighted by atomic mass is 32.1. The number of hydrogen-bond donors (Lipinski definition) is 0. The highest BCUT2D eigenvalue weighted by molar-refractivity contribution is 7.15. The Morgan fingerprint density at radius 2 is 1.88 bits per heavy atom. The van der Waals surface area contributed by atoms with Gasteiger partial charge in [-0.1, -0.05) is 30.4 Å². The van der Waals surface area contributed by atoms with Crippen LogP contribution in [0, 0.1) is 13.8 Å². The van der Waals surface area contributed by atoms with E-state index in [1.54, 1.807) is 0 Å². The molecule has 8 heteroatoms. The molecule has 1 amide bonds. The van der Waals surface area contributed by atoms with E-state index in [2.05, 4.69) is 10.2 Å². The monoisotopic (exact) mass is 461 g/mol. The van der Waals surface area contributed by atoms with E-state index in [-0.39, 0.29) is 11.2 Å². The lowest BCUT2D eigenvalue weighted by Gasteiger charge is -2.22. The maximum Gasteiger partial charge on any atom is 0.297 e. The summed E-state index contributed by atoms with van der Waals surface area (Å²) in [5.74, 6) is 0.322. The van der Waals surface area contributed by atoms with Crippen LogP contribution in [0.2, 0.25) is 0 Å². The Bertz CT molecular complexity index is 1460. The zero-order chi connectivity index (χ0) is 23.3. The maximum atomic E-state index is 13.8. The molecule has 3 heterocycles. The van der Waals surface area contributed by atoms with Gasteiger partial charge in [-0.25, -0.2) is 0 Å². The molecule has 0 bridgehead atoms. The van der Waals surface area contributed by atoms with Crippen LogP contribution in [0.4, 0.5) is 5.13 Å². The van der Waals surface area contributed by atoms with Crippen molar-refractivity contribution in [2.24, 2.45) is 0 Å². The van der Waals surface area contributed by atoms with Crippen molar-refractivity contribution in [3.8, 4) is 5.75 Å². The number of aryl methyl sites for hydroxylation is 3. The van der Waals surface area contributed by atoms with Gasteiger partial charge < -0.3 is 9.15 Å². The molecule has 7 nitrogen and oxygen atoms in total. The molecule has 0 saturated heterocycles. The van der Waals surface area contributed by atoms with Crippen molar-refractivity contribution in [2.45, 2.75) is 40.2 Å². The summed E-state index contributed by atoms with van der Waals surface area (Å²) in [7, 11) is 0. The molecule has 168 valence electrons. The summed E-state index contributed by atoms with van der Waals surface area (Å²) in [6, 6.07) is 10.4. The number of benzene rings is 2. The van der Waals surface area contributed by atoms with Gasteiger partial charge in [0, 0.05) is 0 Å². The molecule has 5 rings (SSSR count). The van der Waals surface area contributed by atoms with Crippen LogP contribution < -0.4 is 15.1 Å². The van der Waals surface area contributed by atoms with Gasteiger partial charge >= 0.3 is 0 Å². The minimum Gasteiger partial charge on any atom is -0.494 e. The highest BCUT2D eigenvalue weighted by Crippen LogP contribution is 2.42. The zero-order valence-corrected chi connectivity index (χ0v) is 19.7. The van der Waals surface area contributed by atoms with Gasteiger partial charge in [0.1, 0.15) is 16.3 Å². The summed E-state index contributed by atoms with van der Waals surface area (Å²) in [6.07, 6.45) is 0.705. The van der Waals surface area contributed by atoms with Crippen LogP contribution >= 0.6 is 11.3 Å². The molecule has 1 atom stereocenters. The molecule has 1 aliphatic heterocycles. The molecule has 0 fully saturated rings. The average molecular weight is 462 g/mol. The smallest absolute Gasteiger partial charge is 0.297 e. The molecule has 33 heavy (non-hydrogen) atoms. The van der Waals surface area contributed by atoms with Gasteiger partial charge in [0.05, 0.1) is 23.6 Å². The van der Waals surface area contributed by atoms with Gasteiger partial charge in [0.25, 0.3) is 5.91 Å². The molecular formula is C25H23N3O4S. The SMILES string of the molecule is CCOc1cccc(C2c3c(oc4cc(C)c(C)cc4c3=O)C(=O)N2c2nnc(CC)s2)c1. The quantitative estimate of drug-likeness (QED) is 0.417. The third-order valence-electron chi connectivity index (χ3n) is 5.94. The Hall–Kier alpha value is -3.52. The van der Waals surface area contributed by atoms with Crippen LogP contribution in [0.25, 0.3) is 11.0 Å². The van der Waals surface area contributed by atoms with Gasteiger partial charge in [-0.2, -0.15) is 0 Å². The molecule has 0 radical (unpaired) electrons. The Balaban J connectivity index is 1.79. The maximum absolute atomic E-state index is 13.8. The lowest BCUT2D eigenvalue weighted by molar-refractivity contribution is 0.0970. The van der Waals surface area contributed by atoms with Crippen LogP contribution in [-0.2, 0) is 6.42 Å². The van der Waals surface area contributed by atoms with Gasteiger partial charge in [-0.3, -0.25) is 14.5 Å². The third-order valence-corrected chi connectivity index (χ3v) is 7.00. The highest BCUT2D eigenvalue weighted by Gasteiger charge is 2.45. The molecule has 0 N–H and O–H groups in total. The number of nitrogens with zero attached hydrogens (tertiary/aromatic N) is 3. The summed E-state index contributed by atoms with van der Waals surface area (Å²) >= 11 is 1.34. The third kappa shape index (κ3) is 3.41. The number of carbonyl (C=O) groups is 1. The van der Waals surface area contributed by atoms with Crippen molar-refractivity contribution in [3.05, 3.63) is 79.6 Å². The number of ether oxygens (including phenoxy) is 1. The van der Waals surface area contributed by atoms with E-state index >= 15 is 0 Å². The number of carbonyl (C=O) groups excluding carboxylic acids is 1. The van der Waals surface area contributed by atoms with E-state index in [9.17, 15) is 9.59 Å². The molecule has 0 aliphatic carbocycles. The summed E-state index contributed by atoms with van der Waals surface area (Å²) < 4.78 is 11.8. The van der Waals surface area contributed by atoms with Gasteiger partial charge in [-0.05, 0) is 68.1 Å². The summed E-state index contributed by atoms with van der Waals surface area (Å²) in [4.78, 5) is 28.9. The molecule has 2 aromatic heterocycles. The largest absolute Gasteiger partial charge is 0.494 e. The minimum atomic E-state index is -0.687. The van der Waals surface area contributed by atoms with Crippen molar-refractivity contribution in [1.82, 2.24) is 10.2 Å². The van der Waals surface area contributed by atoms with Gasteiger partial charge in [0.15, 0.2) is 5.43 Å². The van der Waals surface area contributed by atoms with Crippen molar-refractivity contribution in [3.63, 3.8) is 0 Å². The second-order valence-corrected chi connectivity index (χ2v) is 9.06. The first-order chi connectivity index (χ1) is 15.9. The predicted octanol–water partition coefficient (Wildman–Crippen LogP) is 4.97. The molecule has 0 saturated carbocycles. The molecule has 1 unspecified atom stereocenters. The lowest BCUT2D eigenvalue weighted by atomic mass is 9.97. The fourth-order valence-electron chi connectivity index (χ4n) is 4.17. The van der Waals surface area contributed by atoms with Crippen LogP contribution in [0.3, 0.4) is 0 Å². The van der Waals surface area contributed by atoms with E-state index in [1.165, 1.54) is 16.2 Å². The summed E-state index contributed by atoms with van der Waals surface area (Å²) in [6.45, 7) is 8.30. The number of rotatable bonds is 5. The molecule has 1 aliphatic rings. The second kappa shape index (κ2) is 8.12. The summed E-state index contributed by atoms with van der Waals surface area (Å²) in [5, 5.41) is 10.2. The number of aromatic nitrogens is 2. The van der Waals surface area contributed by atoms with Crippen molar-refractivity contribution >= 4 is 33.3 Å². The fraction of sp³-hybridized carbons (Fsp3) is 0.280. The minimum absolute atomic E-state index is 0.0517. The van der Waals surface area contributed by atoms with E-state index in [0.29, 0.717) is 40.4 Å². The molecular weight excluding hydrogens is 438 g/mol. The Morgan fingerprint density at radius 3 is 2.61 bits per heavy atom. The second-order valence-electron chi connectivity index (χ2n) is 8.02. The standard InChI is InChI=1S/C25H23N3O4S/c1-5-19-26-27-25(33-19)28-21(15-8-7-9-16(12-15)31-6-2)20-22(29)17-10-13(3)14(4)11-18(17)32-23(20)24(28)30/h7-12,21H,5-6H2,1-4H3. The lowest BCUT2D eigenvalue weighted by Crippen LogP contribution is -2.29. The van der Waals surface area contributed by atoms with E-state index < -0.39 is 11.9 Å². The molecule has 0 spiro atoms. The van der Waals surface area contributed by atoms with Gasteiger partial charge in [0.2, 0.25) is 10.9 Å². The first-order valence-corrected chi connectivity index (χ1v) is 11.7. The van der Waals surface area contributed by atoms with Gasteiger partial charge in [-0.15, -0.1) is 10.2 Å². The molecule has 4 aromatic rings. The van der Waals surface area contributed by atoms with Crippen LogP contribution in [-0.4, -0.2) is 22.7 Å². The van der Waals surface area contributed by atoms with Crippen molar-refractivity contribution in [1.29, 1.82) is 0 Å². The van der Waals surface area contributed by atoms with E-state index in [1.807, 2.05) is 64.1 Å². The first kappa shape index (κ1) is 21.3. The number of anilines is 1. The normalized spacial score (nSPS) is 15.3.